The van der Waals surface area contributed by atoms with E-state index >= 15 is 0 Å². The molecule has 2 aliphatic heterocycles. The molecule has 0 bridgehead atoms. The van der Waals surface area contributed by atoms with Crippen molar-refractivity contribution in [1.82, 2.24) is 24.8 Å². The van der Waals surface area contributed by atoms with E-state index in [0.29, 0.717) is 19.6 Å². The van der Waals surface area contributed by atoms with Crippen LogP contribution in [0.4, 0.5) is 10.9 Å². The standard InChI is InChI=1S/C25H36N6O3S/c1-4-7-19-15-26-25(35-19)29-21-14-17(2)27-23(28-21)18-9-12-30(13-10-18)24(33)20-8-5-6-11-31(20)22(32)16-34-3/h14-15,18,20H,4-13,16H2,1-3H3,(H,26,27,28,29)/t20-/m1/s1. The smallest absolute Gasteiger partial charge is 0.249 e. The number of piperidine rings is 2. The lowest BCUT2D eigenvalue weighted by Gasteiger charge is -2.39. The molecule has 1 N–H and O–H groups in total. The number of hydrogen-bond donors (Lipinski definition) is 1. The van der Waals surface area contributed by atoms with Crippen LogP contribution < -0.4 is 5.32 Å². The summed E-state index contributed by atoms with van der Waals surface area (Å²) in [6.07, 6.45) is 8.30. The maximum atomic E-state index is 13.3. The molecule has 0 saturated carbocycles. The number of methoxy groups -OCH3 is 1. The van der Waals surface area contributed by atoms with Crippen molar-refractivity contribution in [3.05, 3.63) is 28.7 Å². The minimum atomic E-state index is -0.370. The number of rotatable bonds is 8. The Morgan fingerprint density at radius 1 is 1.17 bits per heavy atom. The van der Waals surface area contributed by atoms with Crippen LogP contribution in [-0.2, 0) is 20.7 Å². The molecule has 0 radical (unpaired) electrons. The van der Waals surface area contributed by atoms with E-state index in [1.807, 2.05) is 24.1 Å². The van der Waals surface area contributed by atoms with E-state index in [1.54, 1.807) is 16.2 Å². The molecule has 0 aromatic carbocycles. The third-order valence-electron chi connectivity index (χ3n) is 6.70. The van der Waals surface area contributed by atoms with Crippen molar-refractivity contribution in [3.63, 3.8) is 0 Å². The first kappa shape index (κ1) is 25.5. The summed E-state index contributed by atoms with van der Waals surface area (Å²) in [5.74, 6) is 1.74. The van der Waals surface area contributed by atoms with E-state index in [9.17, 15) is 9.59 Å². The van der Waals surface area contributed by atoms with E-state index < -0.39 is 0 Å². The van der Waals surface area contributed by atoms with Crippen molar-refractivity contribution >= 4 is 34.1 Å². The van der Waals surface area contributed by atoms with Crippen LogP contribution in [0, 0.1) is 6.92 Å². The second kappa shape index (κ2) is 11.9. The van der Waals surface area contributed by atoms with Gasteiger partial charge >= 0.3 is 0 Å². The van der Waals surface area contributed by atoms with Gasteiger partial charge in [0.05, 0.1) is 0 Å². The topological polar surface area (TPSA) is 101 Å². The Hall–Kier alpha value is -2.59. The number of aryl methyl sites for hydroxylation is 2. The van der Waals surface area contributed by atoms with E-state index in [0.717, 1.165) is 67.4 Å². The van der Waals surface area contributed by atoms with Gasteiger partial charge in [0.2, 0.25) is 11.8 Å². The Morgan fingerprint density at radius 2 is 1.97 bits per heavy atom. The van der Waals surface area contributed by atoms with Crippen molar-refractivity contribution < 1.29 is 14.3 Å². The van der Waals surface area contributed by atoms with Crippen molar-refractivity contribution in [1.29, 1.82) is 0 Å². The number of nitrogens with zero attached hydrogens (tertiary/aromatic N) is 5. The molecule has 190 valence electrons. The largest absolute Gasteiger partial charge is 0.375 e. The maximum Gasteiger partial charge on any atom is 0.249 e. The SMILES string of the molecule is CCCc1cnc(Nc2cc(C)nc(C3CCN(C(=O)[C@H]4CCCCN4C(=O)COC)CC3)n2)s1. The van der Waals surface area contributed by atoms with Gasteiger partial charge in [-0.05, 0) is 45.4 Å². The zero-order valence-electron chi connectivity index (χ0n) is 21.0. The number of carbonyl (C=O) groups excluding carboxylic acids is 2. The van der Waals surface area contributed by atoms with Crippen LogP contribution in [0.15, 0.2) is 12.3 Å². The highest BCUT2D eigenvalue weighted by atomic mass is 32.1. The first-order chi connectivity index (χ1) is 17.0. The third-order valence-corrected chi connectivity index (χ3v) is 7.68. The van der Waals surface area contributed by atoms with Gasteiger partial charge in [0.15, 0.2) is 5.13 Å². The van der Waals surface area contributed by atoms with Gasteiger partial charge in [0.25, 0.3) is 0 Å². The molecule has 9 nitrogen and oxygen atoms in total. The fraction of sp³-hybridized carbons (Fsp3) is 0.640. The highest BCUT2D eigenvalue weighted by Gasteiger charge is 2.36. The second-order valence-corrected chi connectivity index (χ2v) is 10.5. The highest BCUT2D eigenvalue weighted by molar-refractivity contribution is 7.15. The van der Waals surface area contributed by atoms with Gasteiger partial charge in [-0.15, -0.1) is 11.3 Å². The summed E-state index contributed by atoms with van der Waals surface area (Å²) < 4.78 is 5.02. The summed E-state index contributed by atoms with van der Waals surface area (Å²) >= 11 is 1.66. The lowest BCUT2D eigenvalue weighted by atomic mass is 9.94. The van der Waals surface area contributed by atoms with Gasteiger partial charge in [-0.1, -0.05) is 13.3 Å². The van der Waals surface area contributed by atoms with Crippen LogP contribution in [0.1, 0.15) is 67.8 Å². The van der Waals surface area contributed by atoms with Crippen molar-refractivity contribution in [2.24, 2.45) is 0 Å². The minimum Gasteiger partial charge on any atom is -0.375 e. The van der Waals surface area contributed by atoms with Crippen LogP contribution in [0.25, 0.3) is 0 Å². The molecule has 2 saturated heterocycles. The second-order valence-electron chi connectivity index (χ2n) is 9.39. The van der Waals surface area contributed by atoms with Crippen LogP contribution in [-0.4, -0.2) is 76.0 Å². The summed E-state index contributed by atoms with van der Waals surface area (Å²) in [5.41, 5.74) is 0.913. The van der Waals surface area contributed by atoms with Gasteiger partial charge in [-0.2, -0.15) is 0 Å². The lowest BCUT2D eigenvalue weighted by molar-refractivity contribution is -0.150. The number of likely N-dealkylation sites (tertiary alicyclic amines) is 2. The lowest BCUT2D eigenvalue weighted by Crippen LogP contribution is -2.55. The monoisotopic (exact) mass is 500 g/mol. The van der Waals surface area contributed by atoms with E-state index in [1.165, 1.54) is 12.0 Å². The molecule has 0 aliphatic carbocycles. The average molecular weight is 501 g/mol. The molecule has 2 aliphatic rings. The Bertz CT molecular complexity index is 1020. The minimum absolute atomic E-state index is 0.0217. The molecular formula is C25H36N6O3S. The fourth-order valence-corrected chi connectivity index (χ4v) is 5.86. The maximum absolute atomic E-state index is 13.3. The fourth-order valence-electron chi connectivity index (χ4n) is 4.94. The third kappa shape index (κ3) is 6.35. The Morgan fingerprint density at radius 3 is 2.71 bits per heavy atom. The predicted molar refractivity (Wildman–Crippen MR) is 136 cm³/mol. The highest BCUT2D eigenvalue weighted by Crippen LogP contribution is 2.30. The van der Waals surface area contributed by atoms with Gasteiger partial charge in [-0.3, -0.25) is 9.59 Å². The molecule has 4 heterocycles. The first-order valence-electron chi connectivity index (χ1n) is 12.6. The van der Waals surface area contributed by atoms with E-state index in [2.05, 4.69) is 17.2 Å². The molecule has 2 aromatic heterocycles. The number of anilines is 2. The normalized spacial score (nSPS) is 19.1. The molecule has 2 fully saturated rings. The van der Waals surface area contributed by atoms with Gasteiger partial charge < -0.3 is 19.9 Å². The first-order valence-corrected chi connectivity index (χ1v) is 13.4. The molecule has 2 aromatic rings. The van der Waals surface area contributed by atoms with Gasteiger partial charge in [0, 0.05) is 55.5 Å². The number of carbonyl (C=O) groups is 2. The molecule has 0 spiro atoms. The summed E-state index contributed by atoms with van der Waals surface area (Å²) in [5, 5.41) is 4.19. The Labute approximate surface area is 211 Å². The number of nitrogens with one attached hydrogen (secondary N) is 1. The van der Waals surface area contributed by atoms with Crippen molar-refractivity contribution in [3.8, 4) is 0 Å². The van der Waals surface area contributed by atoms with Crippen LogP contribution in [0.3, 0.4) is 0 Å². The molecular weight excluding hydrogens is 464 g/mol. The Kier molecular flexibility index (Phi) is 8.67. The number of ether oxygens (including phenoxy) is 1. The van der Waals surface area contributed by atoms with E-state index in [-0.39, 0.29) is 30.4 Å². The molecule has 10 heteroatoms. The molecule has 2 amide bonds. The zero-order valence-corrected chi connectivity index (χ0v) is 21.8. The zero-order chi connectivity index (χ0) is 24.8. The quantitative estimate of drug-likeness (QED) is 0.590. The van der Waals surface area contributed by atoms with Crippen molar-refractivity contribution in [2.75, 3.05) is 38.7 Å². The molecule has 0 unspecified atom stereocenters. The number of amides is 2. The molecule has 35 heavy (non-hydrogen) atoms. The summed E-state index contributed by atoms with van der Waals surface area (Å²) in [7, 11) is 1.51. The summed E-state index contributed by atoms with van der Waals surface area (Å²) in [4.78, 5) is 44.7. The van der Waals surface area contributed by atoms with E-state index in [4.69, 9.17) is 14.7 Å². The number of thiazole rings is 1. The van der Waals surface area contributed by atoms with Gasteiger partial charge in [-0.25, -0.2) is 15.0 Å². The molecule has 1 atom stereocenters. The predicted octanol–water partition coefficient (Wildman–Crippen LogP) is 3.67. The summed E-state index contributed by atoms with van der Waals surface area (Å²) in [6.45, 7) is 6.10. The number of hydrogen-bond acceptors (Lipinski definition) is 8. The average Bonchev–Trinajstić information content (AvgIpc) is 3.30. The molecule has 4 rings (SSSR count). The van der Waals surface area contributed by atoms with Crippen LogP contribution in [0.5, 0.6) is 0 Å². The Balaban J connectivity index is 1.38. The van der Waals surface area contributed by atoms with Gasteiger partial charge in [0.1, 0.15) is 24.3 Å². The van der Waals surface area contributed by atoms with Crippen LogP contribution >= 0.6 is 11.3 Å². The summed E-state index contributed by atoms with van der Waals surface area (Å²) in [6, 6.07) is 1.57. The van der Waals surface area contributed by atoms with Crippen molar-refractivity contribution in [2.45, 2.75) is 70.8 Å². The number of aromatic nitrogens is 3. The van der Waals surface area contributed by atoms with Crippen LogP contribution in [0.2, 0.25) is 0 Å².